The predicted octanol–water partition coefficient (Wildman–Crippen LogP) is 3.63. The Balaban J connectivity index is 1.58. The molecule has 0 saturated carbocycles. The molecule has 0 atom stereocenters. The molecule has 5 nitrogen and oxygen atoms in total. The van der Waals surface area contributed by atoms with Crippen molar-refractivity contribution in [2.24, 2.45) is 0 Å². The number of thiazole rings is 1. The fourth-order valence-corrected chi connectivity index (χ4v) is 3.37. The van der Waals surface area contributed by atoms with Gasteiger partial charge in [0.05, 0.1) is 15.2 Å². The van der Waals surface area contributed by atoms with Crippen LogP contribution in [0.15, 0.2) is 36.4 Å². The van der Waals surface area contributed by atoms with Gasteiger partial charge in [-0.1, -0.05) is 0 Å². The molecule has 0 radical (unpaired) electrons. The Bertz CT molecular complexity index is 904. The molecule has 3 aromatic rings. The number of aromatic nitrogens is 1. The number of aryl methyl sites for hydroxylation is 1. The van der Waals surface area contributed by atoms with Crippen molar-refractivity contribution < 1.29 is 14.3 Å². The number of carbonyl (C=O) groups excluding carboxylic acids is 1. The Morgan fingerprint density at radius 1 is 1.13 bits per heavy atom. The summed E-state index contributed by atoms with van der Waals surface area (Å²) in [5.74, 6) is 1.11. The standard InChI is InChI=1S/C17H14N2O3S/c1-10-18-13-4-3-12(9-16(13)23-10)19-17(20)11-2-5-14-15(8-11)22-7-6-21-14/h2-5,8-9H,6-7H2,1H3,(H,19,20). The molecule has 0 aliphatic carbocycles. The summed E-state index contributed by atoms with van der Waals surface area (Å²) in [6, 6.07) is 10.9. The Hall–Kier alpha value is -2.60. The zero-order chi connectivity index (χ0) is 15.8. The fraction of sp³-hybridized carbons (Fsp3) is 0.176. The highest BCUT2D eigenvalue weighted by atomic mass is 32.1. The molecule has 0 saturated heterocycles. The lowest BCUT2D eigenvalue weighted by Crippen LogP contribution is -2.17. The molecule has 2 aromatic carbocycles. The molecule has 0 spiro atoms. The third-order valence-electron chi connectivity index (χ3n) is 3.56. The van der Waals surface area contributed by atoms with E-state index >= 15 is 0 Å². The molecular formula is C17H14N2O3S. The maximum absolute atomic E-state index is 12.4. The minimum absolute atomic E-state index is 0.178. The first-order valence-corrected chi connectivity index (χ1v) is 8.09. The summed E-state index contributed by atoms with van der Waals surface area (Å²) in [7, 11) is 0. The second-order valence-corrected chi connectivity index (χ2v) is 6.46. The second kappa shape index (κ2) is 5.55. The third kappa shape index (κ3) is 2.73. The van der Waals surface area contributed by atoms with Crippen LogP contribution in [0.25, 0.3) is 10.2 Å². The lowest BCUT2D eigenvalue weighted by atomic mass is 10.1. The van der Waals surface area contributed by atoms with Crippen LogP contribution in [0.3, 0.4) is 0 Å². The largest absolute Gasteiger partial charge is 0.486 e. The molecule has 23 heavy (non-hydrogen) atoms. The van der Waals surface area contributed by atoms with Crippen LogP contribution in [0, 0.1) is 6.92 Å². The highest BCUT2D eigenvalue weighted by molar-refractivity contribution is 7.18. The first kappa shape index (κ1) is 14.0. The molecule has 0 unspecified atom stereocenters. The van der Waals surface area contributed by atoms with E-state index in [1.165, 1.54) is 0 Å². The lowest BCUT2D eigenvalue weighted by Gasteiger charge is -2.18. The van der Waals surface area contributed by atoms with E-state index in [0.717, 1.165) is 20.9 Å². The van der Waals surface area contributed by atoms with E-state index in [1.54, 1.807) is 29.5 Å². The highest BCUT2D eigenvalue weighted by Gasteiger charge is 2.15. The Labute approximate surface area is 136 Å². The van der Waals surface area contributed by atoms with Crippen LogP contribution in [0.1, 0.15) is 15.4 Å². The number of carbonyl (C=O) groups is 1. The quantitative estimate of drug-likeness (QED) is 0.781. The fourth-order valence-electron chi connectivity index (χ4n) is 2.51. The van der Waals surface area contributed by atoms with Crippen LogP contribution in [-0.2, 0) is 0 Å². The number of benzene rings is 2. The molecular weight excluding hydrogens is 312 g/mol. The number of amides is 1. The number of anilines is 1. The van der Waals surface area contributed by atoms with Gasteiger partial charge in [-0.15, -0.1) is 11.3 Å². The molecule has 1 N–H and O–H groups in total. The minimum atomic E-state index is -0.178. The van der Waals surface area contributed by atoms with E-state index in [0.29, 0.717) is 30.3 Å². The van der Waals surface area contributed by atoms with Gasteiger partial charge >= 0.3 is 0 Å². The molecule has 1 amide bonds. The van der Waals surface area contributed by atoms with Gasteiger partial charge in [-0.05, 0) is 43.3 Å². The van der Waals surface area contributed by atoms with E-state index in [1.807, 2.05) is 25.1 Å². The molecule has 116 valence electrons. The highest BCUT2D eigenvalue weighted by Crippen LogP contribution is 2.31. The number of nitrogens with one attached hydrogen (secondary N) is 1. The first-order valence-electron chi connectivity index (χ1n) is 7.27. The zero-order valence-electron chi connectivity index (χ0n) is 12.5. The third-order valence-corrected chi connectivity index (χ3v) is 4.49. The van der Waals surface area contributed by atoms with Gasteiger partial charge in [-0.2, -0.15) is 0 Å². The van der Waals surface area contributed by atoms with E-state index < -0.39 is 0 Å². The van der Waals surface area contributed by atoms with Gasteiger partial charge < -0.3 is 14.8 Å². The maximum atomic E-state index is 12.4. The van der Waals surface area contributed by atoms with E-state index in [9.17, 15) is 4.79 Å². The molecule has 0 bridgehead atoms. The monoisotopic (exact) mass is 326 g/mol. The Morgan fingerprint density at radius 3 is 2.83 bits per heavy atom. The van der Waals surface area contributed by atoms with Crippen LogP contribution < -0.4 is 14.8 Å². The summed E-state index contributed by atoms with van der Waals surface area (Å²) in [6.07, 6.45) is 0. The SMILES string of the molecule is Cc1nc2ccc(NC(=O)c3ccc4c(c3)OCCO4)cc2s1. The summed E-state index contributed by atoms with van der Waals surface area (Å²) in [4.78, 5) is 16.8. The second-order valence-electron chi connectivity index (χ2n) is 5.23. The van der Waals surface area contributed by atoms with Crippen LogP contribution in [0.4, 0.5) is 5.69 Å². The van der Waals surface area contributed by atoms with Gasteiger partial charge in [-0.3, -0.25) is 4.79 Å². The van der Waals surface area contributed by atoms with E-state index in [2.05, 4.69) is 10.3 Å². The predicted molar refractivity (Wildman–Crippen MR) is 89.7 cm³/mol. The average molecular weight is 326 g/mol. The van der Waals surface area contributed by atoms with Crippen molar-refractivity contribution in [3.8, 4) is 11.5 Å². The topological polar surface area (TPSA) is 60.5 Å². The number of rotatable bonds is 2. The number of hydrogen-bond acceptors (Lipinski definition) is 5. The van der Waals surface area contributed by atoms with Crippen molar-refractivity contribution in [1.29, 1.82) is 0 Å². The van der Waals surface area contributed by atoms with Gasteiger partial charge in [-0.25, -0.2) is 4.98 Å². The summed E-state index contributed by atoms with van der Waals surface area (Å²) in [5.41, 5.74) is 2.24. The average Bonchev–Trinajstić information content (AvgIpc) is 2.93. The molecule has 0 fully saturated rings. The molecule has 4 rings (SSSR count). The van der Waals surface area contributed by atoms with Crippen molar-refractivity contribution in [2.75, 3.05) is 18.5 Å². The van der Waals surface area contributed by atoms with Crippen molar-refractivity contribution in [3.63, 3.8) is 0 Å². The maximum Gasteiger partial charge on any atom is 0.255 e. The van der Waals surface area contributed by atoms with Crippen LogP contribution >= 0.6 is 11.3 Å². The van der Waals surface area contributed by atoms with Gasteiger partial charge in [0.2, 0.25) is 0 Å². The van der Waals surface area contributed by atoms with Gasteiger partial charge in [0.15, 0.2) is 11.5 Å². The minimum Gasteiger partial charge on any atom is -0.486 e. The summed E-state index contributed by atoms with van der Waals surface area (Å²) in [6.45, 7) is 3.00. The summed E-state index contributed by atoms with van der Waals surface area (Å²) >= 11 is 1.61. The summed E-state index contributed by atoms with van der Waals surface area (Å²) in [5, 5.41) is 3.92. The molecule has 1 aliphatic rings. The normalized spacial score (nSPS) is 13.1. The van der Waals surface area contributed by atoms with Gasteiger partial charge in [0.1, 0.15) is 13.2 Å². The van der Waals surface area contributed by atoms with Crippen molar-refractivity contribution in [1.82, 2.24) is 4.98 Å². The van der Waals surface area contributed by atoms with Crippen molar-refractivity contribution in [2.45, 2.75) is 6.92 Å². The van der Waals surface area contributed by atoms with Crippen molar-refractivity contribution >= 4 is 33.1 Å². The molecule has 1 aromatic heterocycles. The molecule has 6 heteroatoms. The van der Waals surface area contributed by atoms with E-state index in [-0.39, 0.29) is 5.91 Å². The van der Waals surface area contributed by atoms with Crippen molar-refractivity contribution in [3.05, 3.63) is 47.0 Å². The molecule has 1 aliphatic heterocycles. The van der Waals surface area contributed by atoms with Crippen LogP contribution in [-0.4, -0.2) is 24.1 Å². The van der Waals surface area contributed by atoms with Gasteiger partial charge in [0.25, 0.3) is 5.91 Å². The van der Waals surface area contributed by atoms with Crippen LogP contribution in [0.2, 0.25) is 0 Å². The summed E-state index contributed by atoms with van der Waals surface area (Å²) < 4.78 is 12.0. The number of hydrogen-bond donors (Lipinski definition) is 1. The number of ether oxygens (including phenoxy) is 2. The van der Waals surface area contributed by atoms with E-state index in [4.69, 9.17) is 9.47 Å². The first-order chi connectivity index (χ1) is 11.2. The Morgan fingerprint density at radius 2 is 1.96 bits per heavy atom. The van der Waals surface area contributed by atoms with Gasteiger partial charge in [0, 0.05) is 11.3 Å². The molecule has 2 heterocycles. The zero-order valence-corrected chi connectivity index (χ0v) is 13.3. The Kier molecular flexibility index (Phi) is 3.38. The van der Waals surface area contributed by atoms with Crippen LogP contribution in [0.5, 0.6) is 11.5 Å². The smallest absolute Gasteiger partial charge is 0.255 e. The number of fused-ring (bicyclic) bond motifs is 2. The lowest BCUT2D eigenvalue weighted by molar-refractivity contribution is 0.102. The number of nitrogens with zero attached hydrogens (tertiary/aromatic N) is 1.